The average molecular weight is 582 g/mol. The molecule has 4 aromatic rings. The lowest BCUT2D eigenvalue weighted by Gasteiger charge is -2.23. The SMILES string of the molecule is CC(=O)O.COc1cc(-c2nn(C3CCNCC3)c3ncnc(N)c23)ccc1NC(=O)c1ccc(S(C)(=O)=O)cc1. The number of aliphatic carboxylic acids is 1. The minimum Gasteiger partial charge on any atom is -0.495 e. The zero-order valence-electron chi connectivity index (χ0n) is 22.8. The van der Waals surface area contributed by atoms with Crippen molar-refractivity contribution in [3.8, 4) is 17.0 Å². The number of anilines is 2. The van der Waals surface area contributed by atoms with Crippen molar-refractivity contribution in [2.45, 2.75) is 30.7 Å². The van der Waals surface area contributed by atoms with E-state index in [1.165, 1.54) is 37.7 Å². The van der Waals surface area contributed by atoms with Crippen molar-refractivity contribution in [1.82, 2.24) is 25.1 Å². The highest BCUT2D eigenvalue weighted by molar-refractivity contribution is 7.90. The van der Waals surface area contributed by atoms with Crippen LogP contribution in [0, 0.1) is 0 Å². The fourth-order valence-electron chi connectivity index (χ4n) is 4.49. The standard InChI is InChI=1S/C25H27N7O4S.C2H4O2/c1-36-20-13-16(5-8-19(20)30-25(33)15-3-6-18(7-4-15)37(2,34)35)22-21-23(26)28-14-29-24(21)32(31-22)17-9-11-27-12-10-17;1-2(3)4/h3-8,13-14,17,27H,9-12H2,1-2H3,(H,30,33)(H2,26,28,29);1H3,(H,3,4). The number of benzene rings is 2. The van der Waals surface area contributed by atoms with Crippen LogP contribution in [-0.4, -0.2) is 71.6 Å². The quantitative estimate of drug-likeness (QED) is 0.262. The molecule has 0 unspecified atom stereocenters. The molecule has 5 rings (SSSR count). The number of aromatic nitrogens is 4. The van der Waals surface area contributed by atoms with Crippen molar-refractivity contribution in [2.24, 2.45) is 0 Å². The molecule has 0 atom stereocenters. The predicted octanol–water partition coefficient (Wildman–Crippen LogP) is 2.76. The number of carbonyl (C=O) groups is 2. The van der Waals surface area contributed by atoms with Gasteiger partial charge in [-0.25, -0.2) is 23.1 Å². The summed E-state index contributed by atoms with van der Waals surface area (Å²) in [6, 6.07) is 11.3. The lowest BCUT2D eigenvalue weighted by atomic mass is 10.1. The van der Waals surface area contributed by atoms with E-state index in [0.29, 0.717) is 39.5 Å². The van der Waals surface area contributed by atoms with Crippen molar-refractivity contribution in [1.29, 1.82) is 0 Å². The monoisotopic (exact) mass is 581 g/mol. The van der Waals surface area contributed by atoms with E-state index >= 15 is 0 Å². The Balaban J connectivity index is 0.000000909. The van der Waals surface area contributed by atoms with Crippen LogP contribution in [0.25, 0.3) is 22.3 Å². The first-order valence-corrected chi connectivity index (χ1v) is 14.6. The van der Waals surface area contributed by atoms with Crippen LogP contribution >= 0.6 is 0 Å². The molecule has 41 heavy (non-hydrogen) atoms. The van der Waals surface area contributed by atoms with Crippen LogP contribution in [0.1, 0.15) is 36.2 Å². The number of carboxylic acids is 1. The molecular formula is C27H31N7O6S. The molecule has 1 amide bonds. The summed E-state index contributed by atoms with van der Waals surface area (Å²) in [4.78, 5) is 30.6. The van der Waals surface area contributed by atoms with Gasteiger partial charge in [-0.1, -0.05) is 6.07 Å². The molecular weight excluding hydrogens is 550 g/mol. The Morgan fingerprint density at radius 3 is 2.39 bits per heavy atom. The number of fused-ring (bicyclic) bond motifs is 1. The van der Waals surface area contributed by atoms with Gasteiger partial charge in [-0.3, -0.25) is 9.59 Å². The van der Waals surface area contributed by atoms with E-state index in [-0.39, 0.29) is 10.9 Å². The van der Waals surface area contributed by atoms with Gasteiger partial charge in [0.25, 0.3) is 11.9 Å². The van der Waals surface area contributed by atoms with Gasteiger partial charge in [0.05, 0.1) is 29.1 Å². The summed E-state index contributed by atoms with van der Waals surface area (Å²) in [6.45, 7) is 2.89. The molecule has 5 N–H and O–H groups in total. The van der Waals surface area contributed by atoms with Gasteiger partial charge < -0.3 is 26.2 Å². The number of piperidine rings is 1. The Hall–Kier alpha value is -4.56. The number of carbonyl (C=O) groups excluding carboxylic acids is 1. The second-order valence-electron chi connectivity index (χ2n) is 9.42. The number of amides is 1. The summed E-state index contributed by atoms with van der Waals surface area (Å²) >= 11 is 0. The lowest BCUT2D eigenvalue weighted by molar-refractivity contribution is -0.134. The molecule has 0 saturated carbocycles. The number of hydrogen-bond acceptors (Lipinski definition) is 10. The van der Waals surface area contributed by atoms with Gasteiger partial charge in [0.15, 0.2) is 15.5 Å². The van der Waals surface area contributed by atoms with E-state index in [0.717, 1.165) is 44.7 Å². The van der Waals surface area contributed by atoms with Crippen LogP contribution in [0.2, 0.25) is 0 Å². The summed E-state index contributed by atoms with van der Waals surface area (Å²) in [6.07, 6.45) is 4.43. The van der Waals surface area contributed by atoms with Crippen molar-refractivity contribution in [3.63, 3.8) is 0 Å². The normalized spacial score (nSPS) is 13.7. The molecule has 14 heteroatoms. The Morgan fingerprint density at radius 1 is 1.12 bits per heavy atom. The van der Waals surface area contributed by atoms with Gasteiger partial charge in [0.2, 0.25) is 0 Å². The molecule has 0 aliphatic carbocycles. The average Bonchev–Trinajstić information content (AvgIpc) is 3.34. The van der Waals surface area contributed by atoms with Gasteiger partial charge in [0.1, 0.15) is 23.6 Å². The number of carboxylic acid groups (broad SMARTS) is 1. The highest BCUT2D eigenvalue weighted by Crippen LogP contribution is 2.37. The summed E-state index contributed by atoms with van der Waals surface area (Å²) in [5.41, 5.74) is 9.10. The number of nitrogens with one attached hydrogen (secondary N) is 2. The first-order valence-electron chi connectivity index (χ1n) is 12.7. The summed E-state index contributed by atoms with van der Waals surface area (Å²) < 4.78 is 30.9. The lowest BCUT2D eigenvalue weighted by Crippen LogP contribution is -2.30. The van der Waals surface area contributed by atoms with Crippen molar-refractivity contribution in [3.05, 3.63) is 54.4 Å². The topological polar surface area (TPSA) is 191 Å². The number of nitrogens with zero attached hydrogens (tertiary/aromatic N) is 4. The summed E-state index contributed by atoms with van der Waals surface area (Å²) in [7, 11) is -1.84. The molecule has 0 spiro atoms. The zero-order chi connectivity index (χ0) is 29.7. The molecule has 2 aromatic carbocycles. The number of methoxy groups -OCH3 is 1. The highest BCUT2D eigenvalue weighted by atomic mass is 32.2. The van der Waals surface area contributed by atoms with E-state index in [9.17, 15) is 13.2 Å². The van der Waals surface area contributed by atoms with E-state index < -0.39 is 21.7 Å². The Morgan fingerprint density at radius 2 is 1.78 bits per heavy atom. The van der Waals surface area contributed by atoms with Crippen LogP contribution < -0.4 is 21.1 Å². The molecule has 2 aromatic heterocycles. The van der Waals surface area contributed by atoms with Crippen LogP contribution in [0.3, 0.4) is 0 Å². The van der Waals surface area contributed by atoms with Gasteiger partial charge in [-0.15, -0.1) is 0 Å². The van der Waals surface area contributed by atoms with E-state index in [2.05, 4.69) is 20.6 Å². The molecule has 1 fully saturated rings. The summed E-state index contributed by atoms with van der Waals surface area (Å²) in [5.74, 6) is -0.461. The van der Waals surface area contributed by atoms with Crippen LogP contribution in [0.15, 0.2) is 53.7 Å². The van der Waals surface area contributed by atoms with Crippen LogP contribution in [0.5, 0.6) is 5.75 Å². The molecule has 0 bridgehead atoms. The Kier molecular flexibility index (Phi) is 8.83. The molecule has 3 heterocycles. The van der Waals surface area contributed by atoms with E-state index in [1.807, 2.05) is 10.7 Å². The highest BCUT2D eigenvalue weighted by Gasteiger charge is 2.24. The first-order chi connectivity index (χ1) is 19.5. The van der Waals surface area contributed by atoms with Gasteiger partial charge >= 0.3 is 0 Å². The minimum absolute atomic E-state index is 0.144. The summed E-state index contributed by atoms with van der Waals surface area (Å²) in [5, 5.41) is 19.2. The smallest absolute Gasteiger partial charge is 0.300 e. The minimum atomic E-state index is -3.35. The maximum absolute atomic E-state index is 12.8. The van der Waals surface area contributed by atoms with Gasteiger partial charge in [-0.2, -0.15) is 5.10 Å². The van der Waals surface area contributed by atoms with E-state index in [1.54, 1.807) is 12.1 Å². The molecule has 1 aliphatic heterocycles. The number of rotatable bonds is 6. The molecule has 0 radical (unpaired) electrons. The van der Waals surface area contributed by atoms with Crippen molar-refractivity contribution >= 4 is 44.3 Å². The number of nitrogen functional groups attached to an aromatic ring is 1. The molecule has 1 aliphatic rings. The fraction of sp³-hybridized carbons (Fsp3) is 0.296. The maximum atomic E-state index is 12.8. The van der Waals surface area contributed by atoms with Crippen LogP contribution in [0.4, 0.5) is 11.5 Å². The fourth-order valence-corrected chi connectivity index (χ4v) is 5.12. The number of sulfone groups is 1. The van der Waals surface area contributed by atoms with Gasteiger partial charge in [-0.05, 0) is 62.3 Å². The Labute approximate surface area is 236 Å². The van der Waals surface area contributed by atoms with Crippen molar-refractivity contribution in [2.75, 3.05) is 37.5 Å². The molecule has 216 valence electrons. The second-order valence-corrected chi connectivity index (χ2v) is 11.4. The Bertz CT molecular complexity index is 1680. The van der Waals surface area contributed by atoms with Gasteiger partial charge in [0, 0.05) is 24.3 Å². The number of ether oxygens (including phenoxy) is 1. The molecule has 1 saturated heterocycles. The van der Waals surface area contributed by atoms with Crippen LogP contribution in [-0.2, 0) is 14.6 Å². The maximum Gasteiger partial charge on any atom is 0.300 e. The third kappa shape index (κ3) is 6.78. The predicted molar refractivity (Wildman–Crippen MR) is 154 cm³/mol. The number of nitrogens with two attached hydrogens (primary N) is 1. The zero-order valence-corrected chi connectivity index (χ0v) is 23.6. The third-order valence-electron chi connectivity index (χ3n) is 6.44. The first kappa shape index (κ1) is 29.4. The van der Waals surface area contributed by atoms with E-state index in [4.69, 9.17) is 25.5 Å². The molecule has 13 nitrogen and oxygen atoms in total. The van der Waals surface area contributed by atoms with Crippen molar-refractivity contribution < 1.29 is 27.9 Å². The third-order valence-corrected chi connectivity index (χ3v) is 7.57. The number of hydrogen-bond donors (Lipinski definition) is 4. The second kappa shape index (κ2) is 12.3. The largest absolute Gasteiger partial charge is 0.495 e.